The molecule has 0 aromatic heterocycles. The highest BCUT2D eigenvalue weighted by atomic mass is 16.6. The van der Waals surface area contributed by atoms with E-state index in [1.807, 2.05) is 0 Å². The van der Waals surface area contributed by atoms with Crippen LogP contribution in [0.1, 0.15) is 17.3 Å². The molecule has 8 nitrogen and oxygen atoms in total. The zero-order chi connectivity index (χ0) is 13.9. The monoisotopic (exact) mass is 253 g/mol. The molecule has 4 N–H and O–H groups in total. The van der Waals surface area contributed by atoms with Crippen molar-refractivity contribution in [2.45, 2.75) is 13.0 Å². The van der Waals surface area contributed by atoms with Crippen molar-refractivity contribution in [3.63, 3.8) is 0 Å². The molecule has 0 radical (unpaired) electrons. The lowest BCUT2D eigenvalue weighted by molar-refractivity contribution is -0.384. The number of aliphatic carboxylic acids is 1. The molecule has 8 heteroatoms. The number of nitro groups is 1. The van der Waals surface area contributed by atoms with Crippen LogP contribution in [0, 0.1) is 10.1 Å². The number of carboxylic acid groups (broad SMARTS) is 1. The second-order valence-corrected chi connectivity index (χ2v) is 3.56. The average molecular weight is 253 g/mol. The van der Waals surface area contributed by atoms with Crippen LogP contribution in [-0.2, 0) is 4.79 Å². The standard InChI is InChI=1S/C10H11N3O5/c1-5(10(15)16)12-8-3-2-6(13(17)18)4-7(8)9(11)14/h2-5,12H,1H3,(H2,11,14)(H,15,16). The first-order valence-electron chi connectivity index (χ1n) is 4.90. The minimum atomic E-state index is -1.12. The summed E-state index contributed by atoms with van der Waals surface area (Å²) in [5, 5.41) is 21.8. The Morgan fingerprint density at radius 3 is 2.56 bits per heavy atom. The number of carbonyl (C=O) groups excluding carboxylic acids is 1. The Morgan fingerprint density at radius 1 is 1.50 bits per heavy atom. The van der Waals surface area contributed by atoms with Gasteiger partial charge in [-0.3, -0.25) is 19.7 Å². The lowest BCUT2D eigenvalue weighted by atomic mass is 10.1. The fraction of sp³-hybridized carbons (Fsp3) is 0.200. The van der Waals surface area contributed by atoms with Crippen LogP contribution in [0.4, 0.5) is 11.4 Å². The first kappa shape index (κ1) is 13.4. The van der Waals surface area contributed by atoms with Crippen LogP contribution in [0.15, 0.2) is 18.2 Å². The van der Waals surface area contributed by atoms with E-state index in [1.165, 1.54) is 13.0 Å². The summed E-state index contributed by atoms with van der Waals surface area (Å²) in [5.74, 6) is -2.00. The van der Waals surface area contributed by atoms with Gasteiger partial charge in [-0.15, -0.1) is 0 Å². The van der Waals surface area contributed by atoms with E-state index in [9.17, 15) is 19.7 Å². The van der Waals surface area contributed by atoms with Gasteiger partial charge in [0, 0.05) is 17.8 Å². The molecule has 96 valence electrons. The molecule has 0 spiro atoms. The first-order valence-corrected chi connectivity index (χ1v) is 4.90. The van der Waals surface area contributed by atoms with Gasteiger partial charge in [0.2, 0.25) is 0 Å². The number of carboxylic acids is 1. The van der Waals surface area contributed by atoms with Crippen LogP contribution in [-0.4, -0.2) is 27.9 Å². The molecule has 0 saturated carbocycles. The SMILES string of the molecule is CC(Nc1ccc([N+](=O)[O-])cc1C(N)=O)C(=O)O. The Kier molecular flexibility index (Phi) is 3.82. The normalized spacial score (nSPS) is 11.6. The summed E-state index contributed by atoms with van der Waals surface area (Å²) >= 11 is 0. The van der Waals surface area contributed by atoms with Crippen molar-refractivity contribution in [2.24, 2.45) is 5.73 Å². The molecule has 0 aliphatic rings. The van der Waals surface area contributed by atoms with Gasteiger partial charge in [0.1, 0.15) is 6.04 Å². The van der Waals surface area contributed by atoms with Crippen LogP contribution < -0.4 is 11.1 Å². The van der Waals surface area contributed by atoms with Gasteiger partial charge in [-0.25, -0.2) is 0 Å². The van der Waals surface area contributed by atoms with Crippen molar-refractivity contribution in [1.29, 1.82) is 0 Å². The van der Waals surface area contributed by atoms with Gasteiger partial charge in [-0.1, -0.05) is 0 Å². The number of nitrogens with one attached hydrogen (secondary N) is 1. The molecule has 1 aromatic carbocycles. The van der Waals surface area contributed by atoms with Gasteiger partial charge < -0.3 is 16.2 Å². The van der Waals surface area contributed by atoms with Crippen molar-refractivity contribution in [3.8, 4) is 0 Å². The van der Waals surface area contributed by atoms with Crippen LogP contribution in [0.25, 0.3) is 0 Å². The molecule has 0 saturated heterocycles. The van der Waals surface area contributed by atoms with Crippen molar-refractivity contribution >= 4 is 23.3 Å². The van der Waals surface area contributed by atoms with Gasteiger partial charge in [-0.2, -0.15) is 0 Å². The number of non-ortho nitro benzene ring substituents is 1. The van der Waals surface area contributed by atoms with Gasteiger partial charge in [0.25, 0.3) is 11.6 Å². The van der Waals surface area contributed by atoms with Crippen LogP contribution in [0.5, 0.6) is 0 Å². The minimum Gasteiger partial charge on any atom is -0.480 e. The van der Waals surface area contributed by atoms with Gasteiger partial charge >= 0.3 is 5.97 Å². The number of primary amides is 1. The topological polar surface area (TPSA) is 136 Å². The Morgan fingerprint density at radius 2 is 2.11 bits per heavy atom. The van der Waals surface area contributed by atoms with E-state index in [4.69, 9.17) is 10.8 Å². The third-order valence-corrected chi connectivity index (χ3v) is 2.22. The second kappa shape index (κ2) is 5.13. The van der Waals surface area contributed by atoms with Crippen molar-refractivity contribution in [3.05, 3.63) is 33.9 Å². The van der Waals surface area contributed by atoms with Crippen molar-refractivity contribution in [1.82, 2.24) is 0 Å². The molecular weight excluding hydrogens is 242 g/mol. The maximum Gasteiger partial charge on any atom is 0.325 e. The fourth-order valence-corrected chi connectivity index (χ4v) is 1.27. The summed E-state index contributed by atoms with van der Waals surface area (Å²) < 4.78 is 0. The molecule has 1 rings (SSSR count). The maximum atomic E-state index is 11.2. The summed E-state index contributed by atoms with van der Waals surface area (Å²) in [6.07, 6.45) is 0. The minimum absolute atomic E-state index is 0.127. The Balaban J connectivity index is 3.16. The summed E-state index contributed by atoms with van der Waals surface area (Å²) in [7, 11) is 0. The lowest BCUT2D eigenvalue weighted by Gasteiger charge is -2.13. The van der Waals surface area contributed by atoms with Crippen LogP contribution in [0.2, 0.25) is 0 Å². The predicted molar refractivity (Wildman–Crippen MR) is 62.3 cm³/mol. The molecule has 0 bridgehead atoms. The number of rotatable bonds is 5. The predicted octanol–water partition coefficient (Wildman–Crippen LogP) is 0.579. The Hall–Kier alpha value is -2.64. The summed E-state index contributed by atoms with van der Waals surface area (Å²) in [6.45, 7) is 1.37. The van der Waals surface area contributed by atoms with Crippen molar-refractivity contribution < 1.29 is 19.6 Å². The quantitative estimate of drug-likeness (QED) is 0.518. The molecule has 1 atom stereocenters. The molecular formula is C10H11N3O5. The molecule has 0 heterocycles. The second-order valence-electron chi connectivity index (χ2n) is 3.56. The maximum absolute atomic E-state index is 11.2. The lowest BCUT2D eigenvalue weighted by Crippen LogP contribution is -2.27. The number of anilines is 1. The first-order chi connectivity index (χ1) is 8.32. The molecule has 1 aromatic rings. The number of hydrogen-bond acceptors (Lipinski definition) is 5. The Labute approximate surface area is 102 Å². The van der Waals surface area contributed by atoms with E-state index in [1.54, 1.807) is 0 Å². The molecule has 18 heavy (non-hydrogen) atoms. The van der Waals surface area contributed by atoms with E-state index in [0.717, 1.165) is 12.1 Å². The molecule has 1 amide bonds. The van der Waals surface area contributed by atoms with Gasteiger partial charge in [-0.05, 0) is 13.0 Å². The van der Waals surface area contributed by atoms with E-state index in [-0.39, 0.29) is 16.9 Å². The molecule has 0 aliphatic heterocycles. The highest BCUT2D eigenvalue weighted by Crippen LogP contribution is 2.22. The summed E-state index contributed by atoms with van der Waals surface area (Å²) in [4.78, 5) is 31.7. The third kappa shape index (κ3) is 2.94. The number of nitrogens with zero attached hydrogens (tertiary/aromatic N) is 1. The van der Waals surface area contributed by atoms with Crippen LogP contribution >= 0.6 is 0 Å². The van der Waals surface area contributed by atoms with Gasteiger partial charge in [0.05, 0.1) is 10.5 Å². The smallest absolute Gasteiger partial charge is 0.325 e. The number of amides is 1. The largest absolute Gasteiger partial charge is 0.480 e. The number of carbonyl (C=O) groups is 2. The van der Waals surface area contributed by atoms with E-state index >= 15 is 0 Å². The van der Waals surface area contributed by atoms with Gasteiger partial charge in [0.15, 0.2) is 0 Å². The number of nitrogens with two attached hydrogens (primary N) is 1. The van der Waals surface area contributed by atoms with E-state index in [0.29, 0.717) is 0 Å². The van der Waals surface area contributed by atoms with E-state index in [2.05, 4.69) is 5.32 Å². The number of hydrogen-bond donors (Lipinski definition) is 3. The zero-order valence-corrected chi connectivity index (χ0v) is 9.41. The van der Waals surface area contributed by atoms with Crippen LogP contribution in [0.3, 0.4) is 0 Å². The highest BCUT2D eigenvalue weighted by molar-refractivity contribution is 5.99. The summed E-state index contributed by atoms with van der Waals surface area (Å²) in [5.41, 5.74) is 4.81. The average Bonchev–Trinajstić information content (AvgIpc) is 2.28. The number of nitro benzene ring substituents is 1. The zero-order valence-electron chi connectivity index (χ0n) is 9.41. The Bertz CT molecular complexity index is 514. The summed E-state index contributed by atoms with van der Waals surface area (Å²) in [6, 6.07) is 2.45. The number of benzene rings is 1. The van der Waals surface area contributed by atoms with Crippen molar-refractivity contribution in [2.75, 3.05) is 5.32 Å². The van der Waals surface area contributed by atoms with E-state index < -0.39 is 22.8 Å². The third-order valence-electron chi connectivity index (χ3n) is 2.22. The fourth-order valence-electron chi connectivity index (χ4n) is 1.27. The molecule has 0 fully saturated rings. The molecule has 0 aliphatic carbocycles. The molecule has 1 unspecified atom stereocenters. The highest BCUT2D eigenvalue weighted by Gasteiger charge is 2.18.